The Morgan fingerprint density at radius 2 is 1.82 bits per heavy atom. The third-order valence-electron chi connectivity index (χ3n) is 3.24. The molecule has 17 heavy (non-hydrogen) atoms. The minimum absolute atomic E-state index is 0.0666. The zero-order valence-electron chi connectivity index (χ0n) is 9.75. The van der Waals surface area contributed by atoms with Gasteiger partial charge in [-0.1, -0.05) is 42.0 Å². The molecule has 0 saturated heterocycles. The molecule has 0 aliphatic heterocycles. The molecule has 3 atom stereocenters. The monoisotopic (exact) mass is 269 g/mol. The summed E-state index contributed by atoms with van der Waals surface area (Å²) in [5, 5.41) is -0.442. The smallest absolute Gasteiger partial charge is 0.151 e. The average Bonchev–Trinajstić information content (AvgIpc) is 2.93. The summed E-state index contributed by atoms with van der Waals surface area (Å²) in [6.45, 7) is 2.00. The molecule has 2 N–H and O–H groups in total. The summed E-state index contributed by atoms with van der Waals surface area (Å²) in [6, 6.07) is 7.86. The molecule has 92 valence electrons. The summed E-state index contributed by atoms with van der Waals surface area (Å²) in [5.41, 5.74) is 7.76. The summed E-state index contributed by atoms with van der Waals surface area (Å²) in [7, 11) is -3.10. The van der Waals surface area contributed by atoms with Crippen molar-refractivity contribution in [2.45, 2.75) is 18.1 Å². The molecule has 0 spiro atoms. The molecule has 0 bridgehead atoms. The van der Waals surface area contributed by atoms with Gasteiger partial charge in [-0.05, 0) is 12.5 Å². The Bertz CT molecular complexity index is 548. The number of rotatable bonds is 3. The van der Waals surface area contributed by atoms with Crippen molar-refractivity contribution < 1.29 is 8.42 Å². The van der Waals surface area contributed by atoms with E-state index in [4.69, 9.17) is 18.0 Å². The Morgan fingerprint density at radius 3 is 2.18 bits per heavy atom. The Morgan fingerprint density at radius 1 is 1.29 bits per heavy atom. The van der Waals surface area contributed by atoms with Crippen molar-refractivity contribution in [3.8, 4) is 0 Å². The van der Waals surface area contributed by atoms with E-state index >= 15 is 0 Å². The van der Waals surface area contributed by atoms with Gasteiger partial charge < -0.3 is 5.73 Å². The maximum absolute atomic E-state index is 11.6. The lowest BCUT2D eigenvalue weighted by molar-refractivity contribution is 0.599. The highest BCUT2D eigenvalue weighted by atomic mass is 32.2. The van der Waals surface area contributed by atoms with Crippen LogP contribution in [0.4, 0.5) is 0 Å². The molecule has 1 aliphatic carbocycles. The van der Waals surface area contributed by atoms with Crippen LogP contribution in [0.5, 0.6) is 0 Å². The van der Waals surface area contributed by atoms with Gasteiger partial charge >= 0.3 is 0 Å². The van der Waals surface area contributed by atoms with Gasteiger partial charge in [0, 0.05) is 18.1 Å². The van der Waals surface area contributed by atoms with E-state index in [1.54, 1.807) is 0 Å². The van der Waals surface area contributed by atoms with Crippen molar-refractivity contribution in [1.29, 1.82) is 0 Å². The molecule has 3 nitrogen and oxygen atoms in total. The molecule has 0 aromatic heterocycles. The summed E-state index contributed by atoms with van der Waals surface area (Å²) >= 11 is 4.94. The maximum atomic E-state index is 11.6. The second kappa shape index (κ2) is 4.07. The van der Waals surface area contributed by atoms with Gasteiger partial charge in [0.2, 0.25) is 0 Å². The quantitative estimate of drug-likeness (QED) is 0.843. The molecular formula is C12H15NO2S2. The predicted molar refractivity (Wildman–Crippen MR) is 72.8 cm³/mol. The van der Waals surface area contributed by atoms with Crippen LogP contribution in [-0.4, -0.2) is 24.9 Å². The lowest BCUT2D eigenvalue weighted by Crippen LogP contribution is -2.16. The first-order valence-corrected chi connectivity index (χ1v) is 7.73. The first-order valence-electron chi connectivity index (χ1n) is 5.37. The van der Waals surface area contributed by atoms with E-state index in [-0.39, 0.29) is 11.8 Å². The van der Waals surface area contributed by atoms with Gasteiger partial charge in [0.25, 0.3) is 0 Å². The van der Waals surface area contributed by atoms with Crippen molar-refractivity contribution in [1.82, 2.24) is 0 Å². The standard InChI is InChI=1S/C12H15NO2S2/c1-7-3-5-8(6-4-7)9-10(12(13)16)11(9)17(2,14)15/h3-6,9-11H,1-2H3,(H2,13,16). The summed E-state index contributed by atoms with van der Waals surface area (Å²) < 4.78 is 23.3. The number of hydrogen-bond acceptors (Lipinski definition) is 3. The molecule has 1 aromatic rings. The van der Waals surface area contributed by atoms with Crippen LogP contribution in [0.2, 0.25) is 0 Å². The number of sulfone groups is 1. The minimum atomic E-state index is -3.10. The Hall–Kier alpha value is -0.940. The van der Waals surface area contributed by atoms with Gasteiger partial charge in [-0.2, -0.15) is 0 Å². The molecule has 5 heteroatoms. The van der Waals surface area contributed by atoms with Gasteiger partial charge in [0.05, 0.1) is 10.2 Å². The lowest BCUT2D eigenvalue weighted by atomic mass is 10.1. The Kier molecular flexibility index (Phi) is 2.99. The highest BCUT2D eigenvalue weighted by Crippen LogP contribution is 2.52. The van der Waals surface area contributed by atoms with Crippen molar-refractivity contribution in [3.05, 3.63) is 35.4 Å². The summed E-state index contributed by atoms with van der Waals surface area (Å²) in [6.07, 6.45) is 1.25. The zero-order chi connectivity index (χ0) is 12.8. The number of nitrogens with two attached hydrogens (primary N) is 1. The summed E-state index contributed by atoms with van der Waals surface area (Å²) in [5.74, 6) is -0.272. The van der Waals surface area contributed by atoms with Crippen LogP contribution in [0.1, 0.15) is 17.0 Å². The van der Waals surface area contributed by atoms with Crippen molar-refractivity contribution in [2.75, 3.05) is 6.26 Å². The molecular weight excluding hydrogens is 254 g/mol. The van der Waals surface area contributed by atoms with Crippen LogP contribution in [0, 0.1) is 12.8 Å². The number of benzene rings is 1. The fourth-order valence-corrected chi connectivity index (χ4v) is 4.34. The second-order valence-electron chi connectivity index (χ2n) is 4.66. The highest BCUT2D eigenvalue weighted by molar-refractivity contribution is 7.91. The third kappa shape index (κ3) is 2.35. The molecule has 0 radical (unpaired) electrons. The Labute approximate surface area is 107 Å². The fourth-order valence-electron chi connectivity index (χ4n) is 2.34. The van der Waals surface area contributed by atoms with Gasteiger partial charge in [0.1, 0.15) is 0 Å². The lowest BCUT2D eigenvalue weighted by Gasteiger charge is -2.00. The molecule has 3 unspecified atom stereocenters. The zero-order valence-corrected chi connectivity index (χ0v) is 11.4. The molecule has 0 heterocycles. The summed E-state index contributed by atoms with van der Waals surface area (Å²) in [4.78, 5) is 0.297. The van der Waals surface area contributed by atoms with Gasteiger partial charge in [-0.3, -0.25) is 0 Å². The third-order valence-corrected chi connectivity index (χ3v) is 5.09. The molecule has 0 amide bonds. The molecule has 1 saturated carbocycles. The first-order chi connectivity index (χ1) is 7.82. The van der Waals surface area contributed by atoms with Gasteiger partial charge in [-0.15, -0.1) is 0 Å². The molecule has 1 fully saturated rings. The number of aryl methyl sites for hydroxylation is 1. The van der Waals surface area contributed by atoms with Crippen LogP contribution >= 0.6 is 12.2 Å². The number of thiocarbonyl (C=S) groups is 1. The van der Waals surface area contributed by atoms with E-state index in [0.717, 1.165) is 11.1 Å². The highest BCUT2D eigenvalue weighted by Gasteiger charge is 2.58. The largest absolute Gasteiger partial charge is 0.393 e. The van der Waals surface area contributed by atoms with E-state index in [9.17, 15) is 8.42 Å². The minimum Gasteiger partial charge on any atom is -0.393 e. The average molecular weight is 269 g/mol. The second-order valence-corrected chi connectivity index (χ2v) is 7.33. The Balaban J connectivity index is 2.34. The normalized spacial score (nSPS) is 27.8. The van der Waals surface area contributed by atoms with Crippen LogP contribution in [0.15, 0.2) is 24.3 Å². The van der Waals surface area contributed by atoms with E-state index in [1.807, 2.05) is 31.2 Å². The van der Waals surface area contributed by atoms with Crippen molar-refractivity contribution in [3.63, 3.8) is 0 Å². The number of hydrogen-bond donors (Lipinski definition) is 1. The van der Waals surface area contributed by atoms with Crippen LogP contribution in [0.3, 0.4) is 0 Å². The van der Waals surface area contributed by atoms with Gasteiger partial charge in [0.15, 0.2) is 9.84 Å². The SMILES string of the molecule is Cc1ccc(C2C(C(N)=S)C2S(C)(=O)=O)cc1. The van der Waals surface area contributed by atoms with E-state index in [1.165, 1.54) is 6.26 Å². The molecule has 1 aliphatic rings. The molecule has 1 aromatic carbocycles. The maximum Gasteiger partial charge on any atom is 0.151 e. The topological polar surface area (TPSA) is 60.2 Å². The predicted octanol–water partition coefficient (Wildman–Crippen LogP) is 1.41. The van der Waals surface area contributed by atoms with E-state index < -0.39 is 15.1 Å². The van der Waals surface area contributed by atoms with E-state index in [0.29, 0.717) is 4.99 Å². The first kappa shape index (κ1) is 12.5. The fraction of sp³-hybridized carbons (Fsp3) is 0.417. The van der Waals surface area contributed by atoms with Crippen LogP contribution in [-0.2, 0) is 9.84 Å². The van der Waals surface area contributed by atoms with Crippen LogP contribution in [0.25, 0.3) is 0 Å². The van der Waals surface area contributed by atoms with Crippen molar-refractivity contribution in [2.24, 2.45) is 11.7 Å². The molecule has 2 rings (SSSR count). The van der Waals surface area contributed by atoms with Gasteiger partial charge in [-0.25, -0.2) is 8.42 Å². The van der Waals surface area contributed by atoms with Crippen molar-refractivity contribution >= 4 is 27.0 Å². The van der Waals surface area contributed by atoms with E-state index in [2.05, 4.69) is 0 Å². The van der Waals surface area contributed by atoms with Crippen LogP contribution < -0.4 is 5.73 Å².